The third-order valence-electron chi connectivity index (χ3n) is 2.62. The molecule has 3 heteroatoms. The van der Waals surface area contributed by atoms with Crippen molar-refractivity contribution in [2.24, 2.45) is 4.99 Å². The first-order valence-corrected chi connectivity index (χ1v) is 7.21. The molecule has 0 fully saturated rings. The highest BCUT2D eigenvalue weighted by molar-refractivity contribution is 7.12. The molecule has 1 aromatic rings. The van der Waals surface area contributed by atoms with Gasteiger partial charge in [0.2, 0.25) is 0 Å². The van der Waals surface area contributed by atoms with E-state index in [1.807, 2.05) is 38.3 Å². The minimum Gasteiger partial charge on any atom is -0.497 e. The Morgan fingerprint density at radius 1 is 1.35 bits per heavy atom. The summed E-state index contributed by atoms with van der Waals surface area (Å²) in [6, 6.07) is 4.07. The maximum Gasteiger partial charge on any atom is 0.120 e. The van der Waals surface area contributed by atoms with Gasteiger partial charge in [-0.15, -0.1) is 11.3 Å². The zero-order valence-corrected chi connectivity index (χ0v) is 13.4. The lowest BCUT2D eigenvalue weighted by Crippen LogP contribution is -2.00. The van der Waals surface area contributed by atoms with Crippen LogP contribution in [-0.2, 0) is 4.74 Å². The Bertz CT molecular complexity index is 570. The van der Waals surface area contributed by atoms with Crippen LogP contribution in [0.15, 0.2) is 70.4 Å². The number of ether oxygens (including phenoxy) is 1. The molecule has 0 unspecified atom stereocenters. The van der Waals surface area contributed by atoms with Crippen molar-refractivity contribution in [1.29, 1.82) is 0 Å². The molecule has 20 heavy (non-hydrogen) atoms. The van der Waals surface area contributed by atoms with E-state index >= 15 is 0 Å². The minimum atomic E-state index is 0.692. The molecule has 0 aliphatic rings. The number of aliphatic imine (C=N–C) groups is 1. The summed E-state index contributed by atoms with van der Waals surface area (Å²) in [6.45, 7) is 13.8. The number of nitrogens with zero attached hydrogens (tertiary/aromatic N) is 1. The molecular weight excluding hydrogens is 266 g/mol. The Morgan fingerprint density at radius 3 is 2.45 bits per heavy atom. The van der Waals surface area contributed by atoms with E-state index in [4.69, 9.17) is 9.73 Å². The van der Waals surface area contributed by atoms with E-state index in [-0.39, 0.29) is 0 Å². The van der Waals surface area contributed by atoms with Gasteiger partial charge in [-0.3, -0.25) is 0 Å². The largest absolute Gasteiger partial charge is 0.497 e. The Labute approximate surface area is 125 Å². The molecule has 0 bridgehead atoms. The van der Waals surface area contributed by atoms with Gasteiger partial charge in [0.25, 0.3) is 0 Å². The van der Waals surface area contributed by atoms with E-state index in [1.165, 1.54) is 0 Å². The predicted molar refractivity (Wildman–Crippen MR) is 89.3 cm³/mol. The summed E-state index contributed by atoms with van der Waals surface area (Å²) in [7, 11) is 1.62. The second-order valence-electron chi connectivity index (χ2n) is 4.56. The van der Waals surface area contributed by atoms with Gasteiger partial charge >= 0.3 is 0 Å². The zero-order valence-electron chi connectivity index (χ0n) is 12.6. The number of rotatable bonds is 6. The lowest BCUT2D eigenvalue weighted by atomic mass is 10.1. The fraction of sp³-hybridized carbons (Fsp3) is 0.235. The summed E-state index contributed by atoms with van der Waals surface area (Å²) >= 11 is 1.66. The summed E-state index contributed by atoms with van der Waals surface area (Å²) in [6.07, 6.45) is 3.56. The van der Waals surface area contributed by atoms with Gasteiger partial charge in [0.15, 0.2) is 0 Å². The van der Waals surface area contributed by atoms with Crippen LogP contribution in [0.25, 0.3) is 0 Å². The van der Waals surface area contributed by atoms with Gasteiger partial charge in [-0.05, 0) is 43.9 Å². The highest BCUT2D eigenvalue weighted by atomic mass is 32.1. The monoisotopic (exact) mass is 287 g/mol. The average Bonchev–Trinajstić information content (AvgIpc) is 2.92. The van der Waals surface area contributed by atoms with Crippen LogP contribution in [0, 0.1) is 0 Å². The number of allylic oxidation sites excluding steroid dienone is 4. The topological polar surface area (TPSA) is 21.6 Å². The first kappa shape index (κ1) is 16.2. The predicted octanol–water partition coefficient (Wildman–Crippen LogP) is 5.12. The molecule has 0 amide bonds. The molecule has 1 rings (SSSR count). The molecule has 0 spiro atoms. The zero-order chi connectivity index (χ0) is 15.1. The summed E-state index contributed by atoms with van der Waals surface area (Å²) in [4.78, 5) is 5.87. The summed E-state index contributed by atoms with van der Waals surface area (Å²) in [5, 5.41) is 2.04. The molecule has 0 aliphatic carbocycles. The van der Waals surface area contributed by atoms with E-state index < -0.39 is 0 Å². The molecule has 1 heterocycles. The quantitative estimate of drug-likeness (QED) is 0.404. The average molecular weight is 287 g/mol. The molecule has 0 saturated carbocycles. The number of hydrogen-bond donors (Lipinski definition) is 0. The van der Waals surface area contributed by atoms with Crippen molar-refractivity contribution in [1.82, 2.24) is 0 Å². The van der Waals surface area contributed by atoms with Crippen molar-refractivity contribution in [3.63, 3.8) is 0 Å². The molecule has 0 N–H and O–H groups in total. The summed E-state index contributed by atoms with van der Waals surface area (Å²) in [5.41, 5.74) is 3.83. The highest BCUT2D eigenvalue weighted by Crippen LogP contribution is 2.19. The smallest absolute Gasteiger partial charge is 0.120 e. The van der Waals surface area contributed by atoms with Crippen LogP contribution in [0.4, 0.5) is 0 Å². The van der Waals surface area contributed by atoms with Crippen LogP contribution >= 0.6 is 11.3 Å². The minimum absolute atomic E-state index is 0.692. The summed E-state index contributed by atoms with van der Waals surface area (Å²) in [5.74, 6) is 0.692. The van der Waals surface area contributed by atoms with Gasteiger partial charge in [-0.2, -0.15) is 0 Å². The molecular formula is C17H21NOS. The van der Waals surface area contributed by atoms with Crippen LogP contribution in [0.3, 0.4) is 0 Å². The molecule has 0 atom stereocenters. The number of hydrogen-bond acceptors (Lipinski definition) is 3. The number of thiophene rings is 1. The maximum atomic E-state index is 5.23. The second-order valence-corrected chi connectivity index (χ2v) is 5.51. The molecule has 2 nitrogen and oxygen atoms in total. The Balaban J connectivity index is 3.32. The van der Waals surface area contributed by atoms with E-state index in [1.54, 1.807) is 24.5 Å². The number of methoxy groups -OCH3 is 1. The van der Waals surface area contributed by atoms with Gasteiger partial charge in [0.1, 0.15) is 5.76 Å². The maximum absolute atomic E-state index is 5.23. The van der Waals surface area contributed by atoms with Crippen molar-refractivity contribution < 1.29 is 4.74 Å². The second kappa shape index (κ2) is 7.65. The summed E-state index contributed by atoms with van der Waals surface area (Å²) < 4.78 is 5.23. The van der Waals surface area contributed by atoms with E-state index in [0.717, 1.165) is 27.4 Å². The van der Waals surface area contributed by atoms with Crippen molar-refractivity contribution in [3.8, 4) is 0 Å². The van der Waals surface area contributed by atoms with Crippen LogP contribution in [0.2, 0.25) is 0 Å². The van der Waals surface area contributed by atoms with E-state index in [9.17, 15) is 0 Å². The molecule has 1 aromatic heterocycles. The standard InChI is InChI=1S/C17H21NOS/c1-7-14(19-6)11-15(12(2)3)18-17(13(4)5)16-9-8-10-20-16/h7-11H,1,4H2,2-3,5-6H3/b14-11+,18-17?. The third-order valence-corrected chi connectivity index (χ3v) is 3.50. The van der Waals surface area contributed by atoms with Gasteiger partial charge in [-0.25, -0.2) is 4.99 Å². The van der Waals surface area contributed by atoms with Crippen LogP contribution in [-0.4, -0.2) is 12.8 Å². The Hall–Kier alpha value is -1.87. The van der Waals surface area contributed by atoms with Gasteiger partial charge in [0.05, 0.1) is 23.4 Å². The lowest BCUT2D eigenvalue weighted by Gasteiger charge is -2.07. The van der Waals surface area contributed by atoms with Crippen LogP contribution in [0.1, 0.15) is 25.6 Å². The molecule has 0 aromatic carbocycles. The van der Waals surface area contributed by atoms with Gasteiger partial charge in [0, 0.05) is 6.08 Å². The molecule has 106 valence electrons. The molecule has 0 aliphatic heterocycles. The van der Waals surface area contributed by atoms with Gasteiger partial charge in [-0.1, -0.05) is 24.8 Å². The van der Waals surface area contributed by atoms with Crippen LogP contribution < -0.4 is 0 Å². The van der Waals surface area contributed by atoms with Crippen molar-refractivity contribution in [2.75, 3.05) is 7.11 Å². The van der Waals surface area contributed by atoms with Gasteiger partial charge < -0.3 is 4.74 Å². The van der Waals surface area contributed by atoms with Crippen molar-refractivity contribution in [3.05, 3.63) is 70.3 Å². The van der Waals surface area contributed by atoms with Crippen LogP contribution in [0.5, 0.6) is 0 Å². The fourth-order valence-corrected chi connectivity index (χ4v) is 2.31. The first-order chi connectivity index (χ1) is 9.49. The molecule has 0 radical (unpaired) electrons. The third kappa shape index (κ3) is 4.35. The SMILES string of the molecule is C=C/C(=C\C(N=C(C(=C)C)c1cccs1)=C(C)C)OC. The van der Waals surface area contributed by atoms with E-state index in [0.29, 0.717) is 5.76 Å². The highest BCUT2D eigenvalue weighted by Gasteiger charge is 2.07. The van der Waals surface area contributed by atoms with Crippen molar-refractivity contribution >= 4 is 17.0 Å². The van der Waals surface area contributed by atoms with E-state index in [2.05, 4.69) is 19.2 Å². The fourth-order valence-electron chi connectivity index (χ4n) is 1.52. The lowest BCUT2D eigenvalue weighted by molar-refractivity contribution is 0.306. The molecule has 0 saturated heterocycles. The Kier molecular flexibility index (Phi) is 6.19. The Morgan fingerprint density at radius 2 is 2.05 bits per heavy atom. The van der Waals surface area contributed by atoms with Crippen molar-refractivity contribution in [2.45, 2.75) is 20.8 Å². The first-order valence-electron chi connectivity index (χ1n) is 6.33. The normalized spacial score (nSPS) is 12.0.